The van der Waals surface area contributed by atoms with Gasteiger partial charge in [0.15, 0.2) is 6.61 Å². The molecule has 5 nitrogen and oxygen atoms in total. The zero-order valence-electron chi connectivity index (χ0n) is 17.6. The van der Waals surface area contributed by atoms with Gasteiger partial charge in [-0.1, -0.05) is 56.8 Å². The zero-order chi connectivity index (χ0) is 23.3. The van der Waals surface area contributed by atoms with Gasteiger partial charge >= 0.3 is 0 Å². The Bertz CT molecular complexity index is 943. The van der Waals surface area contributed by atoms with Gasteiger partial charge in [-0.15, -0.1) is 0 Å². The average Bonchev–Trinajstić information content (AvgIpc) is 2.65. The highest BCUT2D eigenvalue weighted by Crippen LogP contribution is 2.29. The minimum absolute atomic E-state index is 0.0491. The number of hydrogen-bond acceptors (Lipinski definition) is 3. The van der Waals surface area contributed by atoms with Gasteiger partial charge in [-0.25, -0.2) is 0 Å². The number of rotatable bonds is 7. The van der Waals surface area contributed by atoms with E-state index in [1.54, 1.807) is 43.3 Å². The molecule has 1 N–H and O–H groups in total. The fourth-order valence-electron chi connectivity index (χ4n) is 2.73. The van der Waals surface area contributed by atoms with Crippen molar-refractivity contribution in [3.05, 3.63) is 61.5 Å². The van der Waals surface area contributed by atoms with Crippen molar-refractivity contribution >= 4 is 62.5 Å². The van der Waals surface area contributed by atoms with Crippen LogP contribution in [-0.2, 0) is 16.1 Å². The maximum Gasteiger partial charge on any atom is 0.261 e. The maximum absolute atomic E-state index is 13.1. The highest BCUT2D eigenvalue weighted by Gasteiger charge is 2.29. The first-order chi connectivity index (χ1) is 14.4. The van der Waals surface area contributed by atoms with E-state index >= 15 is 0 Å². The molecule has 1 atom stereocenters. The van der Waals surface area contributed by atoms with Crippen LogP contribution >= 0.6 is 50.7 Å². The molecular weight excluding hydrogens is 527 g/mol. The van der Waals surface area contributed by atoms with E-state index in [0.29, 0.717) is 26.4 Å². The van der Waals surface area contributed by atoms with Crippen molar-refractivity contribution in [2.45, 2.75) is 45.8 Å². The molecule has 0 spiro atoms. The van der Waals surface area contributed by atoms with E-state index in [1.807, 2.05) is 20.8 Å². The van der Waals surface area contributed by atoms with E-state index in [4.69, 9.17) is 39.5 Å². The van der Waals surface area contributed by atoms with Gasteiger partial charge in [0.1, 0.15) is 11.8 Å². The van der Waals surface area contributed by atoms with Crippen LogP contribution in [0, 0.1) is 0 Å². The van der Waals surface area contributed by atoms with Crippen molar-refractivity contribution in [2.24, 2.45) is 0 Å². The summed E-state index contributed by atoms with van der Waals surface area (Å²) in [6.45, 7) is 6.99. The van der Waals surface area contributed by atoms with Gasteiger partial charge in [-0.05, 0) is 58.0 Å². The summed E-state index contributed by atoms with van der Waals surface area (Å²) in [5.74, 6) is -0.349. The molecule has 9 heteroatoms. The van der Waals surface area contributed by atoms with Crippen molar-refractivity contribution in [2.75, 3.05) is 6.61 Å². The molecule has 0 aliphatic rings. The lowest BCUT2D eigenvalue weighted by Crippen LogP contribution is -2.53. The van der Waals surface area contributed by atoms with Crippen LogP contribution in [0.2, 0.25) is 15.1 Å². The molecule has 0 radical (unpaired) electrons. The van der Waals surface area contributed by atoms with Crippen molar-refractivity contribution in [3.63, 3.8) is 0 Å². The molecule has 0 bridgehead atoms. The van der Waals surface area contributed by atoms with Gasteiger partial charge < -0.3 is 15.0 Å². The number of amides is 2. The molecule has 1 unspecified atom stereocenters. The lowest BCUT2D eigenvalue weighted by Gasteiger charge is -2.31. The summed E-state index contributed by atoms with van der Waals surface area (Å²) >= 11 is 22.1. The molecule has 0 aliphatic heterocycles. The van der Waals surface area contributed by atoms with Gasteiger partial charge in [-0.3, -0.25) is 9.59 Å². The molecule has 2 aromatic rings. The number of nitrogens with zero attached hydrogens (tertiary/aromatic N) is 1. The van der Waals surface area contributed by atoms with Crippen LogP contribution in [0.4, 0.5) is 0 Å². The third-order valence-electron chi connectivity index (χ3n) is 4.30. The van der Waals surface area contributed by atoms with E-state index in [-0.39, 0.29) is 19.1 Å². The number of ether oxygens (including phenoxy) is 1. The van der Waals surface area contributed by atoms with Crippen molar-refractivity contribution in [1.82, 2.24) is 10.2 Å². The molecule has 0 saturated heterocycles. The first-order valence-electron chi connectivity index (χ1n) is 9.51. The van der Waals surface area contributed by atoms with Crippen LogP contribution < -0.4 is 10.1 Å². The van der Waals surface area contributed by atoms with Crippen molar-refractivity contribution < 1.29 is 14.3 Å². The van der Waals surface area contributed by atoms with Gasteiger partial charge in [-0.2, -0.15) is 0 Å². The van der Waals surface area contributed by atoms with Crippen LogP contribution in [0.1, 0.15) is 33.3 Å². The van der Waals surface area contributed by atoms with E-state index in [1.165, 1.54) is 4.90 Å². The van der Waals surface area contributed by atoms with Crippen molar-refractivity contribution in [3.8, 4) is 5.75 Å². The Balaban J connectivity index is 2.27. The second kappa shape index (κ2) is 10.9. The molecule has 31 heavy (non-hydrogen) atoms. The average molecular weight is 551 g/mol. The Labute approximate surface area is 206 Å². The Kier molecular flexibility index (Phi) is 9.07. The van der Waals surface area contributed by atoms with Gasteiger partial charge in [0.2, 0.25) is 5.91 Å². The smallest absolute Gasteiger partial charge is 0.261 e. The fourth-order valence-corrected chi connectivity index (χ4v) is 3.97. The summed E-state index contributed by atoms with van der Waals surface area (Å²) in [5.41, 5.74) is 0.0973. The third-order valence-corrected chi connectivity index (χ3v) is 5.80. The Hall–Kier alpha value is -1.47. The minimum Gasteiger partial charge on any atom is -0.482 e. The Morgan fingerprint density at radius 3 is 2.26 bits per heavy atom. The van der Waals surface area contributed by atoms with Crippen LogP contribution in [0.3, 0.4) is 0 Å². The van der Waals surface area contributed by atoms with Gasteiger partial charge in [0, 0.05) is 32.2 Å². The normalized spacial score (nSPS) is 12.3. The monoisotopic (exact) mass is 548 g/mol. The lowest BCUT2D eigenvalue weighted by atomic mass is 10.1. The second-order valence-electron chi connectivity index (χ2n) is 8.00. The summed E-state index contributed by atoms with van der Waals surface area (Å²) in [6.07, 6.45) is 0. The topological polar surface area (TPSA) is 58.6 Å². The number of benzene rings is 2. The predicted molar refractivity (Wildman–Crippen MR) is 129 cm³/mol. The molecular formula is C22H24BrCl3N2O3. The Morgan fingerprint density at radius 1 is 1.10 bits per heavy atom. The molecule has 0 saturated carbocycles. The molecule has 0 heterocycles. The van der Waals surface area contributed by atoms with Crippen LogP contribution in [-0.4, -0.2) is 34.9 Å². The van der Waals surface area contributed by atoms with Gasteiger partial charge in [0.25, 0.3) is 5.91 Å². The number of carbonyl (C=O) groups excluding carboxylic acids is 2. The summed E-state index contributed by atoms with van der Waals surface area (Å²) < 4.78 is 6.41. The SMILES string of the molecule is CC(C(=O)NC(C)(C)C)N(Cc1c(Cl)cccc1Cl)C(=O)COc1ccc(Br)cc1Cl. The number of halogens is 4. The fraction of sp³-hybridized carbons (Fsp3) is 0.364. The second-order valence-corrected chi connectivity index (χ2v) is 10.1. The summed E-state index contributed by atoms with van der Waals surface area (Å²) in [4.78, 5) is 27.3. The maximum atomic E-state index is 13.1. The standard InChI is InChI=1S/C22H24BrCl3N2O3/c1-13(21(30)27-22(2,3)4)28(11-15-16(24)6-5-7-17(15)25)20(29)12-31-19-9-8-14(23)10-18(19)26/h5-10,13H,11-12H2,1-4H3,(H,27,30). The number of hydrogen-bond donors (Lipinski definition) is 1. The molecule has 168 valence electrons. The van der Waals surface area contributed by atoms with Crippen LogP contribution in [0.25, 0.3) is 0 Å². The molecule has 0 aliphatic carbocycles. The number of carbonyl (C=O) groups is 2. The Morgan fingerprint density at radius 2 is 1.71 bits per heavy atom. The first kappa shape index (κ1) is 25.8. The molecule has 2 aromatic carbocycles. The van der Waals surface area contributed by atoms with Gasteiger partial charge in [0.05, 0.1) is 5.02 Å². The van der Waals surface area contributed by atoms with Crippen molar-refractivity contribution in [1.29, 1.82) is 0 Å². The van der Waals surface area contributed by atoms with Crippen LogP contribution in [0.15, 0.2) is 40.9 Å². The predicted octanol–water partition coefficient (Wildman–Crippen LogP) is 6.12. The van der Waals surface area contributed by atoms with E-state index in [9.17, 15) is 9.59 Å². The quantitative estimate of drug-likeness (QED) is 0.452. The molecule has 2 amide bonds. The summed E-state index contributed by atoms with van der Waals surface area (Å²) in [6, 6.07) is 9.38. The minimum atomic E-state index is -0.789. The zero-order valence-corrected chi connectivity index (χ0v) is 21.5. The van der Waals surface area contributed by atoms with E-state index in [2.05, 4.69) is 21.2 Å². The third kappa shape index (κ3) is 7.56. The highest BCUT2D eigenvalue weighted by molar-refractivity contribution is 9.10. The lowest BCUT2D eigenvalue weighted by molar-refractivity contribution is -0.142. The van der Waals surface area contributed by atoms with Crippen LogP contribution in [0.5, 0.6) is 5.75 Å². The molecule has 0 fully saturated rings. The van der Waals surface area contributed by atoms with E-state index < -0.39 is 17.5 Å². The number of nitrogens with one attached hydrogen (secondary N) is 1. The molecule has 2 rings (SSSR count). The molecule has 0 aromatic heterocycles. The summed E-state index contributed by atoms with van der Waals surface area (Å²) in [7, 11) is 0. The highest BCUT2D eigenvalue weighted by atomic mass is 79.9. The first-order valence-corrected chi connectivity index (χ1v) is 11.4. The summed E-state index contributed by atoms with van der Waals surface area (Å²) in [5, 5.41) is 4.07. The van der Waals surface area contributed by atoms with E-state index in [0.717, 1.165) is 4.47 Å². The largest absolute Gasteiger partial charge is 0.482 e.